The Labute approximate surface area is 311 Å². The highest BCUT2D eigenvalue weighted by Crippen LogP contribution is 2.34. The second-order valence-corrected chi connectivity index (χ2v) is 13.2. The molecule has 5 amide bonds. The van der Waals surface area contributed by atoms with Crippen LogP contribution in [0.4, 0.5) is 5.69 Å². The van der Waals surface area contributed by atoms with Crippen LogP contribution >= 0.6 is 23.2 Å². The molecular formula is C36H31Cl2N9O6. The largest absolute Gasteiger partial charge is 0.486 e. The maximum Gasteiger partial charge on any atom is 0.262 e. The summed E-state index contributed by atoms with van der Waals surface area (Å²) in [5.41, 5.74) is 3.76. The van der Waals surface area contributed by atoms with Crippen LogP contribution in [0.2, 0.25) is 10.0 Å². The molecule has 270 valence electrons. The minimum atomic E-state index is -1.05. The molecular weight excluding hydrogens is 725 g/mol. The molecule has 2 atom stereocenters. The van der Waals surface area contributed by atoms with Crippen molar-refractivity contribution in [3.05, 3.63) is 99.2 Å². The van der Waals surface area contributed by atoms with Crippen LogP contribution in [-0.2, 0) is 20.9 Å². The molecule has 5 heterocycles. The Balaban J connectivity index is 0.894. The monoisotopic (exact) mass is 755 g/mol. The van der Waals surface area contributed by atoms with Crippen LogP contribution in [0.25, 0.3) is 23.1 Å². The van der Waals surface area contributed by atoms with Gasteiger partial charge in [-0.2, -0.15) is 10.2 Å². The molecule has 0 aliphatic carbocycles. The zero-order valence-corrected chi connectivity index (χ0v) is 29.6. The van der Waals surface area contributed by atoms with Gasteiger partial charge in [0.15, 0.2) is 0 Å². The highest BCUT2D eigenvalue weighted by Gasteiger charge is 2.44. The number of H-pyrrole nitrogens is 1. The van der Waals surface area contributed by atoms with Crippen LogP contribution in [0.15, 0.2) is 61.2 Å². The Hall–Kier alpha value is -6.06. The second-order valence-electron chi connectivity index (χ2n) is 12.4. The molecule has 1 saturated heterocycles. The minimum absolute atomic E-state index is 0.0357. The van der Waals surface area contributed by atoms with E-state index in [1.165, 1.54) is 24.5 Å². The molecule has 5 aromatic rings. The van der Waals surface area contributed by atoms with Crippen LogP contribution in [0, 0.1) is 0 Å². The van der Waals surface area contributed by atoms with Gasteiger partial charge in [0, 0.05) is 53.8 Å². The lowest BCUT2D eigenvalue weighted by molar-refractivity contribution is -0.136. The molecule has 17 heteroatoms. The number of aromatic amines is 1. The van der Waals surface area contributed by atoms with Crippen molar-refractivity contribution < 1.29 is 28.7 Å². The zero-order valence-electron chi connectivity index (χ0n) is 28.1. The first-order valence-corrected chi connectivity index (χ1v) is 17.3. The van der Waals surface area contributed by atoms with E-state index in [1.807, 2.05) is 43.5 Å². The van der Waals surface area contributed by atoms with Gasteiger partial charge in [0.25, 0.3) is 11.8 Å². The van der Waals surface area contributed by atoms with Crippen molar-refractivity contribution in [3.8, 4) is 5.75 Å². The number of ether oxygens (including phenoxy) is 1. The van der Waals surface area contributed by atoms with E-state index in [-0.39, 0.29) is 36.4 Å². The highest BCUT2D eigenvalue weighted by molar-refractivity contribution is 6.35. The van der Waals surface area contributed by atoms with E-state index in [0.717, 1.165) is 21.4 Å². The summed E-state index contributed by atoms with van der Waals surface area (Å²) in [6.07, 6.45) is 10.0. The number of hydrogen-bond donors (Lipinski definition) is 4. The Kier molecular flexibility index (Phi) is 9.93. The van der Waals surface area contributed by atoms with E-state index in [2.05, 4.69) is 36.2 Å². The number of amides is 5. The van der Waals surface area contributed by atoms with Crippen molar-refractivity contribution in [2.24, 2.45) is 0 Å². The summed E-state index contributed by atoms with van der Waals surface area (Å²) in [5, 5.41) is 21.5. The first-order valence-electron chi connectivity index (χ1n) is 16.6. The minimum Gasteiger partial charge on any atom is -0.486 e. The van der Waals surface area contributed by atoms with Gasteiger partial charge in [0.05, 0.1) is 51.7 Å². The summed E-state index contributed by atoms with van der Waals surface area (Å²) in [6, 6.07) is 9.10. The molecule has 0 saturated carbocycles. The zero-order chi connectivity index (χ0) is 37.2. The van der Waals surface area contributed by atoms with Crippen molar-refractivity contribution >= 4 is 81.5 Å². The van der Waals surface area contributed by atoms with E-state index >= 15 is 0 Å². The number of rotatable bonds is 12. The van der Waals surface area contributed by atoms with Gasteiger partial charge in [-0.3, -0.25) is 49.0 Å². The summed E-state index contributed by atoms with van der Waals surface area (Å²) in [7, 11) is 0. The van der Waals surface area contributed by atoms with Crippen molar-refractivity contribution in [1.82, 2.24) is 40.5 Å². The molecule has 0 spiro atoms. The molecule has 7 rings (SSSR count). The van der Waals surface area contributed by atoms with Crippen molar-refractivity contribution in [1.29, 1.82) is 0 Å². The molecule has 0 bridgehead atoms. The molecule has 2 aliphatic heterocycles. The van der Waals surface area contributed by atoms with E-state index in [1.54, 1.807) is 16.9 Å². The topological polar surface area (TPSA) is 193 Å². The number of nitrogens with one attached hydrogen (secondary N) is 4. The average molecular weight is 757 g/mol. The van der Waals surface area contributed by atoms with Crippen molar-refractivity contribution in [2.45, 2.75) is 38.5 Å². The number of hydrogen-bond acceptors (Lipinski definition) is 10. The van der Waals surface area contributed by atoms with Crippen LogP contribution in [0.5, 0.6) is 5.75 Å². The first kappa shape index (κ1) is 35.3. The normalized spacial score (nSPS) is 16.3. The Morgan fingerprint density at radius 1 is 1.04 bits per heavy atom. The molecule has 4 N–H and O–H groups in total. The van der Waals surface area contributed by atoms with Gasteiger partial charge >= 0.3 is 0 Å². The molecule has 1 fully saturated rings. The van der Waals surface area contributed by atoms with E-state index in [4.69, 9.17) is 27.9 Å². The third kappa shape index (κ3) is 7.47. The fraction of sp³-hybridized carbons (Fsp3) is 0.222. The molecule has 2 aromatic carbocycles. The Morgan fingerprint density at radius 3 is 2.62 bits per heavy atom. The van der Waals surface area contributed by atoms with Gasteiger partial charge < -0.3 is 15.4 Å². The standard InChI is InChI=1S/C36H31Cl2N9O6/c1-19(33-26(37)15-39-16-27(33)38)53-22-4-7-29-25(13-22)28(44-45-29)6-2-20-14-42-46(18-20)11-10-40-32(49)17-41-21-3-5-23-24(12-21)36(52)47(35(23)51)30-8-9-31(48)43-34(30)50/h2-7,12-16,18-19,30,41H,8-11,17H2,1H3,(H,40,49)(H,44,45)(H,43,48,50)/b6-2+/t19-,30?/m1/s1. The Bertz CT molecular complexity index is 2300. The summed E-state index contributed by atoms with van der Waals surface area (Å²) in [5.74, 6) is -2.01. The number of benzene rings is 2. The quantitative estimate of drug-likeness (QED) is 0.133. The number of anilines is 1. The summed E-state index contributed by atoms with van der Waals surface area (Å²) < 4.78 is 7.85. The van der Waals surface area contributed by atoms with Gasteiger partial charge in [-0.25, -0.2) is 0 Å². The number of carbonyl (C=O) groups is 5. The predicted molar refractivity (Wildman–Crippen MR) is 195 cm³/mol. The van der Waals surface area contributed by atoms with Crippen LogP contribution in [-0.4, -0.2) is 78.5 Å². The van der Waals surface area contributed by atoms with Gasteiger partial charge in [0.2, 0.25) is 17.7 Å². The predicted octanol–water partition coefficient (Wildman–Crippen LogP) is 4.40. The lowest BCUT2D eigenvalue weighted by Crippen LogP contribution is -2.54. The molecule has 53 heavy (non-hydrogen) atoms. The SMILES string of the molecule is C[C@@H](Oc1ccc2[nH]nc(/C=C/c3cnn(CCNC(=O)CNc4ccc5c(c4)C(=O)N(C4CCC(=O)NC4=O)C5=O)c3)c2c1)c1c(Cl)cncc1Cl. The lowest BCUT2D eigenvalue weighted by atomic mass is 10.0. The van der Waals surface area contributed by atoms with Gasteiger partial charge in [0.1, 0.15) is 17.9 Å². The highest BCUT2D eigenvalue weighted by atomic mass is 35.5. The third-order valence-electron chi connectivity index (χ3n) is 8.82. The number of carbonyl (C=O) groups excluding carboxylic acids is 5. The summed E-state index contributed by atoms with van der Waals surface area (Å²) >= 11 is 12.6. The maximum absolute atomic E-state index is 13.1. The van der Waals surface area contributed by atoms with Crippen molar-refractivity contribution in [2.75, 3.05) is 18.4 Å². The van der Waals surface area contributed by atoms with E-state index in [0.29, 0.717) is 45.8 Å². The van der Waals surface area contributed by atoms with Crippen LogP contribution in [0.1, 0.15) is 63.4 Å². The van der Waals surface area contributed by atoms with Gasteiger partial charge in [-0.1, -0.05) is 23.2 Å². The number of piperidine rings is 1. The molecule has 1 unspecified atom stereocenters. The smallest absolute Gasteiger partial charge is 0.262 e. The van der Waals surface area contributed by atoms with E-state index < -0.39 is 35.8 Å². The summed E-state index contributed by atoms with van der Waals surface area (Å²) in [6.45, 7) is 2.50. The molecule has 0 radical (unpaired) electrons. The third-order valence-corrected chi connectivity index (χ3v) is 9.42. The van der Waals surface area contributed by atoms with Crippen LogP contribution in [0.3, 0.4) is 0 Å². The van der Waals surface area contributed by atoms with Crippen molar-refractivity contribution in [3.63, 3.8) is 0 Å². The van der Waals surface area contributed by atoms with Gasteiger partial charge in [-0.05, 0) is 61.9 Å². The maximum atomic E-state index is 13.1. The average Bonchev–Trinajstić information content (AvgIpc) is 3.82. The number of pyridine rings is 1. The first-order chi connectivity index (χ1) is 25.5. The number of aromatic nitrogens is 5. The Morgan fingerprint density at radius 2 is 1.83 bits per heavy atom. The number of nitrogens with zero attached hydrogens (tertiary/aromatic N) is 5. The number of fused-ring (bicyclic) bond motifs is 2. The second kappa shape index (κ2) is 14.9. The van der Waals surface area contributed by atoms with Crippen LogP contribution < -0.4 is 20.7 Å². The number of imide groups is 2. The summed E-state index contributed by atoms with van der Waals surface area (Å²) in [4.78, 5) is 67.2. The van der Waals surface area contributed by atoms with Gasteiger partial charge in [-0.15, -0.1) is 0 Å². The molecule has 15 nitrogen and oxygen atoms in total. The lowest BCUT2D eigenvalue weighted by Gasteiger charge is -2.27. The molecule has 2 aliphatic rings. The fourth-order valence-electron chi connectivity index (χ4n) is 6.19. The number of halogens is 2. The van der Waals surface area contributed by atoms with E-state index in [9.17, 15) is 24.0 Å². The fourth-order valence-corrected chi connectivity index (χ4v) is 6.86. The molecule has 3 aromatic heterocycles.